The second-order valence-electron chi connectivity index (χ2n) is 9.14. The number of anilines is 2. The minimum atomic E-state index is -0.0387. The number of hydrogen-bond donors (Lipinski definition) is 2. The largest absolute Gasteiger partial charge is 0.382 e. The molecule has 4 aromatic rings. The summed E-state index contributed by atoms with van der Waals surface area (Å²) in [5.74, 6) is 1.58. The zero-order chi connectivity index (χ0) is 24.1. The molecule has 35 heavy (non-hydrogen) atoms. The first kappa shape index (κ1) is 22.9. The highest BCUT2D eigenvalue weighted by molar-refractivity contribution is 5.84. The van der Waals surface area contributed by atoms with Crippen LogP contribution >= 0.6 is 0 Å². The molecule has 0 atom stereocenters. The van der Waals surface area contributed by atoms with E-state index >= 15 is 0 Å². The maximum atomic E-state index is 5.83. The van der Waals surface area contributed by atoms with E-state index in [2.05, 4.69) is 61.2 Å². The molecular formula is C31H32N2O2. The van der Waals surface area contributed by atoms with E-state index in [1.165, 1.54) is 22.3 Å². The normalized spacial score (nSPS) is 13.0. The first-order valence-corrected chi connectivity index (χ1v) is 12.5. The molecule has 0 amide bonds. The molecule has 0 aromatic heterocycles. The number of hydrogen-bond acceptors (Lipinski definition) is 4. The van der Waals surface area contributed by atoms with Crippen molar-refractivity contribution in [3.63, 3.8) is 0 Å². The van der Waals surface area contributed by atoms with Gasteiger partial charge in [0.2, 0.25) is 0 Å². The first-order chi connectivity index (χ1) is 17.2. The number of benzene rings is 4. The van der Waals surface area contributed by atoms with E-state index in [0.29, 0.717) is 0 Å². The third-order valence-electron chi connectivity index (χ3n) is 6.77. The Labute approximate surface area is 207 Å². The SMILES string of the molecule is CCCC1(CCC)c2cc(NOc3ccccc3)ccc2-c2ccc(NOc3ccccc3)cc21. The first-order valence-electron chi connectivity index (χ1n) is 12.5. The van der Waals surface area contributed by atoms with Gasteiger partial charge in [0.15, 0.2) is 11.5 Å². The molecule has 4 aromatic carbocycles. The topological polar surface area (TPSA) is 42.5 Å². The summed E-state index contributed by atoms with van der Waals surface area (Å²) in [6.45, 7) is 4.55. The van der Waals surface area contributed by atoms with Crippen LogP contribution in [0.1, 0.15) is 50.7 Å². The van der Waals surface area contributed by atoms with Crippen molar-refractivity contribution >= 4 is 11.4 Å². The molecule has 0 heterocycles. The Morgan fingerprint density at radius 2 is 1.00 bits per heavy atom. The summed E-state index contributed by atoms with van der Waals surface area (Å²) in [4.78, 5) is 11.7. The minimum absolute atomic E-state index is 0.0387. The van der Waals surface area contributed by atoms with Gasteiger partial charge in [-0.3, -0.25) is 0 Å². The van der Waals surface area contributed by atoms with Gasteiger partial charge < -0.3 is 9.68 Å². The predicted molar refractivity (Wildman–Crippen MR) is 144 cm³/mol. The molecule has 4 heteroatoms. The van der Waals surface area contributed by atoms with Crippen LogP contribution in [0.5, 0.6) is 11.5 Å². The second kappa shape index (κ2) is 10.1. The van der Waals surface area contributed by atoms with Gasteiger partial charge in [-0.25, -0.2) is 11.0 Å². The lowest BCUT2D eigenvalue weighted by molar-refractivity contribution is 0.403. The van der Waals surface area contributed by atoms with Gasteiger partial charge in [0.1, 0.15) is 0 Å². The Morgan fingerprint density at radius 3 is 1.40 bits per heavy atom. The van der Waals surface area contributed by atoms with Gasteiger partial charge in [-0.15, -0.1) is 0 Å². The Balaban J connectivity index is 1.48. The molecule has 0 fully saturated rings. The molecule has 4 nitrogen and oxygen atoms in total. The quantitative estimate of drug-likeness (QED) is 0.231. The van der Waals surface area contributed by atoms with Crippen molar-refractivity contribution in [3.05, 3.63) is 108 Å². The Bertz CT molecular complexity index is 1170. The van der Waals surface area contributed by atoms with E-state index in [4.69, 9.17) is 9.68 Å². The van der Waals surface area contributed by atoms with E-state index in [1.807, 2.05) is 60.7 Å². The van der Waals surface area contributed by atoms with E-state index in [-0.39, 0.29) is 5.41 Å². The molecule has 5 rings (SSSR count). The average molecular weight is 465 g/mol. The van der Waals surface area contributed by atoms with E-state index in [1.54, 1.807) is 0 Å². The molecule has 0 bridgehead atoms. The van der Waals surface area contributed by atoms with Gasteiger partial charge in [0.25, 0.3) is 0 Å². The van der Waals surface area contributed by atoms with Crippen molar-refractivity contribution in [1.82, 2.24) is 0 Å². The van der Waals surface area contributed by atoms with Crippen LogP contribution < -0.4 is 20.6 Å². The second-order valence-corrected chi connectivity index (χ2v) is 9.14. The molecule has 1 aliphatic rings. The van der Waals surface area contributed by atoms with Crippen molar-refractivity contribution < 1.29 is 9.68 Å². The summed E-state index contributed by atoms with van der Waals surface area (Å²) >= 11 is 0. The highest BCUT2D eigenvalue weighted by Crippen LogP contribution is 2.55. The van der Waals surface area contributed by atoms with Crippen molar-refractivity contribution in [2.24, 2.45) is 0 Å². The summed E-state index contributed by atoms with van der Waals surface area (Å²) in [5, 5.41) is 0. The third-order valence-corrected chi connectivity index (χ3v) is 6.77. The molecule has 1 aliphatic carbocycles. The molecule has 0 radical (unpaired) electrons. The predicted octanol–water partition coefficient (Wildman–Crippen LogP) is 8.37. The summed E-state index contributed by atoms with van der Waals surface area (Å²) in [5.41, 5.74) is 13.6. The fourth-order valence-electron chi connectivity index (χ4n) is 5.35. The van der Waals surface area contributed by atoms with Gasteiger partial charge in [-0.05, 0) is 83.6 Å². The van der Waals surface area contributed by atoms with Crippen LogP contribution in [0, 0.1) is 0 Å². The molecule has 0 saturated heterocycles. The van der Waals surface area contributed by atoms with Crippen LogP contribution in [0.3, 0.4) is 0 Å². The summed E-state index contributed by atoms with van der Waals surface area (Å²) in [6.07, 6.45) is 4.39. The van der Waals surface area contributed by atoms with Crippen molar-refractivity contribution in [1.29, 1.82) is 0 Å². The lowest BCUT2D eigenvalue weighted by Gasteiger charge is -2.32. The monoisotopic (exact) mass is 464 g/mol. The molecule has 2 N–H and O–H groups in total. The Hall–Kier alpha value is -3.92. The van der Waals surface area contributed by atoms with Crippen molar-refractivity contribution in [2.45, 2.75) is 44.9 Å². The van der Waals surface area contributed by atoms with Crippen LogP contribution in [0.25, 0.3) is 11.1 Å². The number of fused-ring (bicyclic) bond motifs is 3. The highest BCUT2D eigenvalue weighted by atomic mass is 16.6. The maximum Gasteiger partial charge on any atom is 0.155 e. The van der Waals surface area contributed by atoms with E-state index in [9.17, 15) is 0 Å². The van der Waals surface area contributed by atoms with Gasteiger partial charge >= 0.3 is 0 Å². The molecular weight excluding hydrogens is 432 g/mol. The fraction of sp³-hybridized carbons (Fsp3) is 0.226. The average Bonchev–Trinajstić information content (AvgIpc) is 3.16. The van der Waals surface area contributed by atoms with E-state index < -0.39 is 0 Å². The van der Waals surface area contributed by atoms with Crippen LogP contribution in [-0.4, -0.2) is 0 Å². The lowest BCUT2D eigenvalue weighted by atomic mass is 9.71. The third kappa shape index (κ3) is 4.57. The minimum Gasteiger partial charge on any atom is -0.382 e. The standard InChI is InChI=1S/C31H32N2O2/c1-3-19-31(20-4-2)29-21-23(32-34-25-11-7-5-8-12-25)15-17-27(29)28-18-16-24(22-30(28)31)33-35-26-13-9-6-10-14-26/h5-18,21-22,32-33H,3-4,19-20H2,1-2H3. The van der Waals surface area contributed by atoms with Gasteiger partial charge in [0, 0.05) is 5.41 Å². The molecule has 0 unspecified atom stereocenters. The van der Waals surface area contributed by atoms with Crippen LogP contribution in [0.15, 0.2) is 97.1 Å². The smallest absolute Gasteiger partial charge is 0.155 e. The van der Waals surface area contributed by atoms with Crippen LogP contribution in [-0.2, 0) is 5.41 Å². The summed E-state index contributed by atoms with van der Waals surface area (Å²) in [7, 11) is 0. The van der Waals surface area contributed by atoms with Crippen LogP contribution in [0.2, 0.25) is 0 Å². The van der Waals surface area contributed by atoms with Gasteiger partial charge in [-0.1, -0.05) is 75.2 Å². The zero-order valence-corrected chi connectivity index (χ0v) is 20.4. The summed E-state index contributed by atoms with van der Waals surface area (Å²) in [6, 6.07) is 32.8. The summed E-state index contributed by atoms with van der Waals surface area (Å²) < 4.78 is 0. The molecule has 0 spiro atoms. The van der Waals surface area contributed by atoms with E-state index in [0.717, 1.165) is 48.6 Å². The van der Waals surface area contributed by atoms with Crippen molar-refractivity contribution in [3.8, 4) is 22.6 Å². The number of rotatable bonds is 10. The van der Waals surface area contributed by atoms with Gasteiger partial charge in [0.05, 0.1) is 11.4 Å². The van der Waals surface area contributed by atoms with Gasteiger partial charge in [-0.2, -0.15) is 0 Å². The van der Waals surface area contributed by atoms with Crippen LogP contribution in [0.4, 0.5) is 11.4 Å². The number of para-hydroxylation sites is 2. The highest BCUT2D eigenvalue weighted by Gasteiger charge is 2.42. The zero-order valence-electron chi connectivity index (χ0n) is 20.4. The Morgan fingerprint density at radius 1 is 0.571 bits per heavy atom. The Kier molecular flexibility index (Phi) is 6.62. The molecule has 0 aliphatic heterocycles. The molecule has 178 valence electrons. The fourth-order valence-corrected chi connectivity index (χ4v) is 5.35. The lowest BCUT2D eigenvalue weighted by Crippen LogP contribution is -2.25. The molecule has 0 saturated carbocycles. The maximum absolute atomic E-state index is 5.83. The number of nitrogens with one attached hydrogen (secondary N) is 2. The van der Waals surface area contributed by atoms with Crippen molar-refractivity contribution in [2.75, 3.05) is 11.0 Å².